The molecule has 26 heavy (non-hydrogen) atoms. The largest absolute Gasteiger partial charge is 0.361 e. The molecule has 3 aliphatic heterocycles. The molecule has 0 radical (unpaired) electrons. The zero-order valence-corrected chi connectivity index (χ0v) is 17.6. The first-order valence-corrected chi connectivity index (χ1v) is 10.4. The molecule has 11 heteroatoms. The lowest BCUT2D eigenvalue weighted by Gasteiger charge is -2.27. The second kappa shape index (κ2) is 12.4. The van der Waals surface area contributed by atoms with Gasteiger partial charge in [0.05, 0.1) is 0 Å². The van der Waals surface area contributed by atoms with Crippen molar-refractivity contribution in [3.05, 3.63) is 0 Å². The van der Waals surface area contributed by atoms with Crippen molar-refractivity contribution in [2.24, 2.45) is 0 Å². The molecule has 8 nitrogen and oxygen atoms in total. The fourth-order valence-electron chi connectivity index (χ4n) is 2.82. The number of hydrogen-bond acceptors (Lipinski definition) is 5. The number of fused-ring (bicyclic) bond motifs is 18. The van der Waals surface area contributed by atoms with Gasteiger partial charge in [-0.05, 0) is 36.7 Å². The van der Waals surface area contributed by atoms with E-state index in [0.29, 0.717) is 0 Å². The molecule has 3 rings (SSSR count). The van der Waals surface area contributed by atoms with E-state index in [1.54, 1.807) is 0 Å². The van der Waals surface area contributed by atoms with E-state index in [-0.39, 0.29) is 0 Å². The second-order valence-corrected chi connectivity index (χ2v) is 7.46. The van der Waals surface area contributed by atoms with Gasteiger partial charge in [0, 0.05) is 78.5 Å². The summed E-state index contributed by atoms with van der Waals surface area (Å²) in [4.78, 5) is 4.72. The molecule has 0 aromatic heterocycles. The van der Waals surface area contributed by atoms with Gasteiger partial charge in [-0.1, -0.05) is 0 Å². The number of nitrogens with zero attached hydrogens (tertiary/aromatic N) is 2. The maximum absolute atomic E-state index is 5.37. The van der Waals surface area contributed by atoms with Crippen LogP contribution in [-0.4, -0.2) is 104 Å². The summed E-state index contributed by atoms with van der Waals surface area (Å²) in [7, 11) is 0. The van der Waals surface area contributed by atoms with Crippen LogP contribution in [0.15, 0.2) is 0 Å². The van der Waals surface area contributed by atoms with Gasteiger partial charge in [-0.2, -0.15) is 0 Å². The Labute approximate surface area is 172 Å². The molecule has 3 fully saturated rings. The number of rotatable bonds is 0. The van der Waals surface area contributed by atoms with Crippen molar-refractivity contribution in [3.8, 4) is 0 Å². The van der Waals surface area contributed by atoms with Gasteiger partial charge in [0.2, 0.25) is 0 Å². The molecule has 3 saturated heterocycles. The summed E-state index contributed by atoms with van der Waals surface area (Å²) < 4.78 is 0. The average Bonchev–Trinajstić information content (AvgIpc) is 2.59. The SMILES string of the molecule is S=C1NCCN2CCNC(=S)NCCN(CCN1)CCNC(=S)NCC2. The maximum atomic E-state index is 5.37. The molecular formula is C15H30N8S3. The third-order valence-corrected chi connectivity index (χ3v) is 5.15. The summed E-state index contributed by atoms with van der Waals surface area (Å²) in [6, 6.07) is 0. The van der Waals surface area contributed by atoms with Gasteiger partial charge in [0.15, 0.2) is 15.3 Å². The Morgan fingerprint density at radius 2 is 0.615 bits per heavy atom. The monoisotopic (exact) mass is 418 g/mol. The van der Waals surface area contributed by atoms with Crippen LogP contribution >= 0.6 is 36.7 Å². The lowest BCUT2D eigenvalue weighted by molar-refractivity contribution is 0.277. The number of thiocarbonyl (C=S) groups is 3. The number of nitrogens with one attached hydrogen (secondary N) is 6. The molecule has 0 saturated carbocycles. The Morgan fingerprint density at radius 3 is 0.808 bits per heavy atom. The van der Waals surface area contributed by atoms with Crippen molar-refractivity contribution in [3.63, 3.8) is 0 Å². The van der Waals surface area contributed by atoms with E-state index >= 15 is 0 Å². The van der Waals surface area contributed by atoms with Crippen LogP contribution in [0.4, 0.5) is 0 Å². The van der Waals surface area contributed by atoms with Crippen molar-refractivity contribution >= 4 is 52.0 Å². The first kappa shape index (κ1) is 21.3. The minimum absolute atomic E-state index is 0.721. The predicted molar refractivity (Wildman–Crippen MR) is 119 cm³/mol. The molecule has 148 valence electrons. The zero-order valence-electron chi connectivity index (χ0n) is 15.1. The highest BCUT2D eigenvalue weighted by Gasteiger charge is 2.10. The third-order valence-electron chi connectivity index (χ3n) is 4.28. The van der Waals surface area contributed by atoms with Gasteiger partial charge >= 0.3 is 0 Å². The molecule has 0 aliphatic carbocycles. The third kappa shape index (κ3) is 9.08. The first-order valence-electron chi connectivity index (χ1n) is 9.13. The molecule has 0 unspecified atom stereocenters. The Kier molecular flexibility index (Phi) is 10.1. The highest BCUT2D eigenvalue weighted by Crippen LogP contribution is 1.90. The van der Waals surface area contributed by atoms with Crippen LogP contribution in [0.3, 0.4) is 0 Å². The molecule has 3 heterocycles. The van der Waals surface area contributed by atoms with E-state index < -0.39 is 0 Å². The summed E-state index contributed by atoms with van der Waals surface area (Å²) in [5, 5.41) is 21.9. The van der Waals surface area contributed by atoms with Crippen LogP contribution in [-0.2, 0) is 0 Å². The van der Waals surface area contributed by atoms with Crippen molar-refractivity contribution < 1.29 is 0 Å². The summed E-state index contributed by atoms with van der Waals surface area (Å²) >= 11 is 16.1. The lowest BCUT2D eigenvalue weighted by Crippen LogP contribution is -2.50. The Hall–Kier alpha value is -1.01. The Bertz CT molecular complexity index is 373. The lowest BCUT2D eigenvalue weighted by atomic mass is 10.4. The van der Waals surface area contributed by atoms with E-state index in [0.717, 1.165) is 93.9 Å². The van der Waals surface area contributed by atoms with Gasteiger partial charge in [-0.15, -0.1) is 0 Å². The summed E-state index contributed by atoms with van der Waals surface area (Å²) in [5.41, 5.74) is 0. The van der Waals surface area contributed by atoms with Crippen LogP contribution in [0.5, 0.6) is 0 Å². The van der Waals surface area contributed by atoms with Crippen LogP contribution in [0, 0.1) is 0 Å². The number of hydrogen-bond donors (Lipinski definition) is 6. The van der Waals surface area contributed by atoms with E-state index in [1.165, 1.54) is 0 Å². The maximum Gasteiger partial charge on any atom is 0.166 e. The molecule has 6 N–H and O–H groups in total. The smallest absolute Gasteiger partial charge is 0.166 e. The molecule has 0 spiro atoms. The minimum atomic E-state index is 0.721. The van der Waals surface area contributed by atoms with Crippen LogP contribution in [0.2, 0.25) is 0 Å². The highest BCUT2D eigenvalue weighted by molar-refractivity contribution is 7.80. The molecule has 0 amide bonds. The fourth-order valence-corrected chi connectivity index (χ4v) is 3.44. The Morgan fingerprint density at radius 1 is 0.423 bits per heavy atom. The van der Waals surface area contributed by atoms with Crippen LogP contribution < -0.4 is 31.9 Å². The van der Waals surface area contributed by atoms with E-state index in [4.69, 9.17) is 36.7 Å². The molecule has 0 aromatic rings. The van der Waals surface area contributed by atoms with Crippen LogP contribution in [0.25, 0.3) is 0 Å². The van der Waals surface area contributed by atoms with E-state index in [9.17, 15) is 0 Å². The normalized spacial score (nSPS) is 27.5. The van der Waals surface area contributed by atoms with E-state index in [1.807, 2.05) is 0 Å². The van der Waals surface area contributed by atoms with Crippen LogP contribution in [0.1, 0.15) is 0 Å². The van der Waals surface area contributed by atoms with Crippen molar-refractivity contribution in [2.75, 3.05) is 78.5 Å². The summed E-state index contributed by atoms with van der Waals surface area (Å²) in [6.07, 6.45) is 0. The molecule has 2 bridgehead atoms. The predicted octanol–water partition coefficient (Wildman–Crippen LogP) is -1.99. The van der Waals surface area contributed by atoms with Gasteiger partial charge in [-0.3, -0.25) is 9.80 Å². The zero-order chi connectivity index (χ0) is 18.6. The minimum Gasteiger partial charge on any atom is -0.361 e. The Balaban J connectivity index is 2.04. The standard InChI is InChI=1S/C15H30N8S3/c24-13-16-1-7-22-8-2-18-14(25)20-5-11-23(10-4-17-13)12-6-21-15(26)19-3-9-22/h1-12H2,(H2,16,17,24)(H2,18,20,25)(H2,19,21,26). The molecule has 3 aliphatic rings. The van der Waals surface area contributed by atoms with Gasteiger partial charge in [-0.25, -0.2) is 0 Å². The quantitative estimate of drug-likeness (QED) is 0.248. The first-order chi connectivity index (χ1) is 12.6. The second-order valence-electron chi connectivity index (χ2n) is 6.23. The molecule has 0 aromatic carbocycles. The highest BCUT2D eigenvalue weighted by atomic mass is 32.1. The fraction of sp³-hybridized carbons (Fsp3) is 0.800. The van der Waals surface area contributed by atoms with Crippen molar-refractivity contribution in [1.29, 1.82) is 0 Å². The van der Waals surface area contributed by atoms with Gasteiger partial charge < -0.3 is 31.9 Å². The molecule has 0 atom stereocenters. The average molecular weight is 419 g/mol. The van der Waals surface area contributed by atoms with Crippen molar-refractivity contribution in [2.45, 2.75) is 0 Å². The topological polar surface area (TPSA) is 78.7 Å². The molecular weight excluding hydrogens is 388 g/mol. The van der Waals surface area contributed by atoms with E-state index in [2.05, 4.69) is 41.7 Å². The summed E-state index contributed by atoms with van der Waals surface area (Å²) in [5.74, 6) is 0. The van der Waals surface area contributed by atoms with Gasteiger partial charge in [0.25, 0.3) is 0 Å². The van der Waals surface area contributed by atoms with Gasteiger partial charge in [0.1, 0.15) is 0 Å². The summed E-state index contributed by atoms with van der Waals surface area (Å²) in [6.45, 7) is 10.2. The van der Waals surface area contributed by atoms with Crippen molar-refractivity contribution in [1.82, 2.24) is 41.7 Å².